The molecule has 1 amide bonds. The first-order valence-corrected chi connectivity index (χ1v) is 9.98. The Morgan fingerprint density at radius 2 is 1.89 bits per heavy atom. The molecule has 136 valence electrons. The van der Waals surface area contributed by atoms with Gasteiger partial charge in [-0.25, -0.2) is 0 Å². The Balaban J connectivity index is 1.99. The number of nitrogens with two attached hydrogens (primary N) is 1. The van der Waals surface area contributed by atoms with Crippen LogP contribution in [0.5, 0.6) is 0 Å². The van der Waals surface area contributed by atoms with Gasteiger partial charge < -0.3 is 0 Å². The van der Waals surface area contributed by atoms with E-state index in [1.54, 1.807) is 12.1 Å². The second-order valence-corrected chi connectivity index (χ2v) is 6.83. The summed E-state index contributed by atoms with van der Waals surface area (Å²) in [6.07, 6.45) is 6.10. The van der Waals surface area contributed by atoms with E-state index in [0.29, 0.717) is 12.1 Å². The maximum absolute atomic E-state index is 11.7. The normalized spacial score (nSPS) is 13.0. The quantitative estimate of drug-likeness (QED) is 0.270. The molecule has 0 spiro atoms. The van der Waals surface area contributed by atoms with Crippen LogP contribution in [0.4, 0.5) is 5.69 Å². The summed E-state index contributed by atoms with van der Waals surface area (Å²) in [5.74, 6) is 4.45. The Bertz CT molecular complexity index is 946. The van der Waals surface area contributed by atoms with E-state index in [1.165, 1.54) is 19.4 Å². The van der Waals surface area contributed by atoms with Gasteiger partial charge in [-0.15, -0.1) is 0 Å². The van der Waals surface area contributed by atoms with E-state index in [4.69, 9.17) is 11.0 Å². The molecule has 27 heavy (non-hydrogen) atoms. The van der Waals surface area contributed by atoms with Crippen molar-refractivity contribution < 1.29 is 29.4 Å². The number of nitrogens with zero attached hydrogens (tertiary/aromatic N) is 2. The number of para-hydroxylation sites is 1. The topological polar surface area (TPSA) is 69.8 Å². The van der Waals surface area contributed by atoms with Crippen molar-refractivity contribution in [3.05, 3.63) is 95.2 Å². The molecule has 3 N–H and O–H groups in total. The predicted molar refractivity (Wildman–Crippen MR) is 104 cm³/mol. The minimum absolute atomic E-state index is 0.0932. The van der Waals surface area contributed by atoms with E-state index < -0.39 is 5.91 Å². The van der Waals surface area contributed by atoms with Gasteiger partial charge in [0.15, 0.2) is 0 Å². The van der Waals surface area contributed by atoms with Gasteiger partial charge in [0.05, 0.1) is 0 Å². The summed E-state index contributed by atoms with van der Waals surface area (Å²) in [6.45, 7) is 4.63. The van der Waals surface area contributed by atoms with Crippen molar-refractivity contribution >= 4 is 22.1 Å². The standard InChI is InChI=1S/C21H19N3O2.W/c1-3-19-15(2)8-11-17-6-4-5-7-20(17)23(19)14-16-9-12-18(13-10-16)21(25)24(22)26;/h2-13,26H,1,14,22H2;. The van der Waals surface area contributed by atoms with Crippen LogP contribution in [0.15, 0.2) is 78.5 Å². The van der Waals surface area contributed by atoms with E-state index >= 15 is 0 Å². The fourth-order valence-corrected chi connectivity index (χ4v) is 3.71. The van der Waals surface area contributed by atoms with E-state index in [1.807, 2.05) is 30.3 Å². The average Bonchev–Trinajstić information content (AvgIpc) is 2.84. The molecule has 1 aliphatic rings. The third-order valence-corrected chi connectivity index (χ3v) is 5.24. The summed E-state index contributed by atoms with van der Waals surface area (Å²) >= 11 is 1.37. The molecule has 5 nitrogen and oxygen atoms in total. The SMILES string of the molecule is C=CC1=C([CH]=[W])C=Cc2ccccc2N1Cc1ccc(C(=O)N(N)O)cc1. The predicted octanol–water partition coefficient (Wildman–Crippen LogP) is 3.21. The molecular formula is C21H19N3O2W. The van der Waals surface area contributed by atoms with E-state index in [2.05, 4.69) is 40.2 Å². The summed E-state index contributed by atoms with van der Waals surface area (Å²) in [5, 5.41) is 9.19. The molecular weight excluding hydrogens is 510 g/mol. The second-order valence-electron chi connectivity index (χ2n) is 5.99. The number of carbonyl (C=O) groups excluding carboxylic acids is 1. The zero-order chi connectivity index (χ0) is 19.4. The number of hydrazine groups is 1. The van der Waals surface area contributed by atoms with Crippen LogP contribution in [-0.4, -0.2) is 20.7 Å². The van der Waals surface area contributed by atoms with E-state index in [0.717, 1.165) is 28.1 Å². The number of anilines is 1. The zero-order valence-electron chi connectivity index (χ0n) is 14.6. The van der Waals surface area contributed by atoms with Gasteiger partial charge in [0, 0.05) is 0 Å². The summed E-state index contributed by atoms with van der Waals surface area (Å²) in [5.41, 5.74) is 5.74. The van der Waals surface area contributed by atoms with Gasteiger partial charge in [-0.05, 0) is 0 Å². The minimum atomic E-state index is -0.650. The number of hydrogen-bond donors (Lipinski definition) is 2. The van der Waals surface area contributed by atoms with Crippen LogP contribution in [0, 0.1) is 0 Å². The summed E-state index contributed by atoms with van der Waals surface area (Å²) < 4.78 is 2.14. The van der Waals surface area contributed by atoms with Crippen LogP contribution < -0.4 is 10.7 Å². The van der Waals surface area contributed by atoms with Gasteiger partial charge in [-0.1, -0.05) is 0 Å². The Labute approximate surface area is 169 Å². The average molecular weight is 529 g/mol. The van der Waals surface area contributed by atoms with Crippen molar-refractivity contribution in [1.29, 1.82) is 0 Å². The first-order valence-electron chi connectivity index (χ1n) is 8.28. The Morgan fingerprint density at radius 3 is 2.52 bits per heavy atom. The fourth-order valence-electron chi connectivity index (χ4n) is 2.99. The molecule has 6 heteroatoms. The summed E-state index contributed by atoms with van der Waals surface area (Å²) in [4.78, 5) is 14.0. The molecule has 0 saturated heterocycles. The molecule has 1 heterocycles. The molecule has 0 fully saturated rings. The molecule has 0 saturated carbocycles. The number of benzene rings is 2. The van der Waals surface area contributed by atoms with Crippen molar-refractivity contribution in [3.8, 4) is 0 Å². The number of rotatable bonds is 5. The molecule has 0 unspecified atom stereocenters. The van der Waals surface area contributed by atoms with Gasteiger partial charge in [-0.3, -0.25) is 0 Å². The molecule has 0 aliphatic carbocycles. The van der Waals surface area contributed by atoms with Gasteiger partial charge in [0.1, 0.15) is 0 Å². The van der Waals surface area contributed by atoms with Crippen LogP contribution in [0.3, 0.4) is 0 Å². The van der Waals surface area contributed by atoms with Gasteiger partial charge in [0.25, 0.3) is 0 Å². The molecule has 2 aromatic rings. The molecule has 0 radical (unpaired) electrons. The monoisotopic (exact) mass is 529 g/mol. The van der Waals surface area contributed by atoms with Gasteiger partial charge in [-0.2, -0.15) is 0 Å². The van der Waals surface area contributed by atoms with Crippen LogP contribution in [0.1, 0.15) is 21.5 Å². The number of hydrogen-bond acceptors (Lipinski definition) is 4. The van der Waals surface area contributed by atoms with E-state index in [-0.39, 0.29) is 5.17 Å². The second kappa shape index (κ2) is 8.40. The van der Waals surface area contributed by atoms with Crippen LogP contribution >= 0.6 is 0 Å². The molecule has 0 bridgehead atoms. The summed E-state index contributed by atoms with van der Waals surface area (Å²) in [7, 11) is 0. The van der Waals surface area contributed by atoms with Crippen LogP contribution in [0.25, 0.3) is 6.08 Å². The third kappa shape index (κ3) is 4.06. The number of fused-ring (bicyclic) bond motifs is 1. The fraction of sp³-hybridized carbons (Fsp3) is 0.0476. The first kappa shape index (κ1) is 19.2. The van der Waals surface area contributed by atoms with E-state index in [9.17, 15) is 4.79 Å². The Kier molecular flexibility index (Phi) is 5.97. The number of hydroxylamine groups is 1. The van der Waals surface area contributed by atoms with Crippen molar-refractivity contribution in [2.24, 2.45) is 5.84 Å². The zero-order valence-corrected chi connectivity index (χ0v) is 17.5. The van der Waals surface area contributed by atoms with Gasteiger partial charge >= 0.3 is 169 Å². The molecule has 2 aromatic carbocycles. The molecule has 0 atom stereocenters. The first-order chi connectivity index (χ1) is 13.0. The maximum atomic E-state index is 11.7. The van der Waals surface area contributed by atoms with Crippen LogP contribution in [0.2, 0.25) is 0 Å². The Morgan fingerprint density at radius 1 is 1.19 bits per heavy atom. The molecule has 1 aliphatic heterocycles. The van der Waals surface area contributed by atoms with Crippen molar-refractivity contribution in [1.82, 2.24) is 5.17 Å². The van der Waals surface area contributed by atoms with Crippen molar-refractivity contribution in [3.63, 3.8) is 0 Å². The molecule has 0 aromatic heterocycles. The van der Waals surface area contributed by atoms with Crippen molar-refractivity contribution in [2.75, 3.05) is 4.90 Å². The Hall–Kier alpha value is -2.59. The van der Waals surface area contributed by atoms with Crippen molar-refractivity contribution in [2.45, 2.75) is 6.54 Å². The number of carbonyl (C=O) groups is 1. The number of amides is 1. The van der Waals surface area contributed by atoms with Crippen LogP contribution in [-0.2, 0) is 25.9 Å². The molecule has 3 rings (SSSR count). The summed E-state index contributed by atoms with van der Waals surface area (Å²) in [6, 6.07) is 15.3. The van der Waals surface area contributed by atoms with Gasteiger partial charge in [0.2, 0.25) is 0 Å². The number of allylic oxidation sites excluding steroid dienone is 3. The third-order valence-electron chi connectivity index (χ3n) is 4.33.